The van der Waals surface area contributed by atoms with Gasteiger partial charge in [0.05, 0.1) is 7.11 Å². The second-order valence-corrected chi connectivity index (χ2v) is 8.02. The normalized spacial score (nSPS) is 19.2. The molecule has 0 unspecified atom stereocenters. The molecule has 0 saturated carbocycles. The maximum absolute atomic E-state index is 12.6. The Morgan fingerprint density at radius 3 is 2.36 bits per heavy atom. The molecule has 1 amide bonds. The highest BCUT2D eigenvalue weighted by atomic mass is 35.5. The Morgan fingerprint density at radius 2 is 1.71 bits per heavy atom. The zero-order valence-corrected chi connectivity index (χ0v) is 17.5. The molecule has 1 heterocycles. The van der Waals surface area contributed by atoms with Gasteiger partial charge in [-0.05, 0) is 42.0 Å². The second kappa shape index (κ2) is 9.92. The molecule has 0 bridgehead atoms. The van der Waals surface area contributed by atoms with E-state index in [0.29, 0.717) is 18.1 Å². The van der Waals surface area contributed by atoms with E-state index in [1.165, 1.54) is 10.5 Å². The monoisotopic (exact) mass is 403 g/mol. The van der Waals surface area contributed by atoms with Crippen molar-refractivity contribution in [3.05, 3.63) is 64.7 Å². The molecule has 1 fully saturated rings. The zero-order chi connectivity index (χ0) is 19.9. The molecule has 0 aromatic heterocycles. The lowest BCUT2D eigenvalue weighted by Gasteiger charge is -2.30. The Hall–Kier alpha value is -2.08. The molecule has 1 aliphatic rings. The van der Waals surface area contributed by atoms with Gasteiger partial charge in [0, 0.05) is 24.2 Å². The van der Waals surface area contributed by atoms with Gasteiger partial charge in [-0.1, -0.05) is 23.7 Å². The van der Waals surface area contributed by atoms with Crippen LogP contribution in [0.5, 0.6) is 5.75 Å². The van der Waals surface area contributed by atoms with Gasteiger partial charge in [-0.3, -0.25) is 4.79 Å². The summed E-state index contributed by atoms with van der Waals surface area (Å²) in [5.41, 5.74) is 2.39. The number of rotatable bonds is 7. The van der Waals surface area contributed by atoms with E-state index in [1.54, 1.807) is 16.9 Å². The maximum Gasteiger partial charge on any atom is 0.277 e. The van der Waals surface area contributed by atoms with Crippen LogP contribution in [0, 0.1) is 0 Å². The molecule has 5 nitrogen and oxygen atoms in total. The predicted molar refractivity (Wildman–Crippen MR) is 111 cm³/mol. The maximum atomic E-state index is 12.6. The minimum Gasteiger partial charge on any atom is -0.497 e. The third kappa shape index (κ3) is 5.96. The van der Waals surface area contributed by atoms with Crippen molar-refractivity contribution in [2.75, 3.05) is 46.9 Å². The summed E-state index contributed by atoms with van der Waals surface area (Å²) in [6, 6.07) is 16.0. The smallest absolute Gasteiger partial charge is 0.277 e. The fourth-order valence-corrected chi connectivity index (χ4v) is 3.90. The number of hydrogen-bond acceptors (Lipinski definition) is 2. The molecule has 2 N–H and O–H groups in total. The quantitative estimate of drug-likeness (QED) is 0.697. The number of halogens is 1. The van der Waals surface area contributed by atoms with Crippen LogP contribution >= 0.6 is 11.6 Å². The van der Waals surface area contributed by atoms with Gasteiger partial charge in [-0.2, -0.15) is 0 Å². The lowest BCUT2D eigenvalue weighted by molar-refractivity contribution is -1.02. The van der Waals surface area contributed by atoms with Crippen LogP contribution in [0.25, 0.3) is 0 Å². The van der Waals surface area contributed by atoms with E-state index in [1.807, 2.05) is 43.4 Å². The molecule has 2 aromatic carbocycles. The van der Waals surface area contributed by atoms with Crippen molar-refractivity contribution >= 4 is 17.5 Å². The first-order valence-electron chi connectivity index (χ1n) is 9.82. The van der Waals surface area contributed by atoms with Gasteiger partial charge in [0.2, 0.25) is 0 Å². The van der Waals surface area contributed by atoms with Crippen LogP contribution in [0.1, 0.15) is 11.1 Å². The third-order valence-electron chi connectivity index (χ3n) is 5.41. The van der Waals surface area contributed by atoms with E-state index in [0.717, 1.165) is 44.0 Å². The number of carbonyl (C=O) groups is 1. The Morgan fingerprint density at radius 1 is 1.04 bits per heavy atom. The van der Waals surface area contributed by atoms with Gasteiger partial charge in [0.25, 0.3) is 5.91 Å². The molecule has 3 rings (SSSR count). The van der Waals surface area contributed by atoms with E-state index >= 15 is 0 Å². The zero-order valence-electron chi connectivity index (χ0n) is 16.7. The molecule has 1 aliphatic heterocycles. The number of nitrogens with one attached hydrogen (secondary N) is 2. The van der Waals surface area contributed by atoms with Crippen molar-refractivity contribution in [3.63, 3.8) is 0 Å². The van der Waals surface area contributed by atoms with Crippen LogP contribution in [0.2, 0.25) is 5.02 Å². The summed E-state index contributed by atoms with van der Waals surface area (Å²) in [7, 11) is 3.56. The minimum absolute atomic E-state index is 0.188. The Balaban J connectivity index is 1.42. The number of amides is 1. The molecule has 0 radical (unpaired) electrons. The van der Waals surface area contributed by atoms with Crippen molar-refractivity contribution in [1.82, 2.24) is 4.90 Å². The van der Waals surface area contributed by atoms with Gasteiger partial charge in [-0.25, -0.2) is 0 Å². The van der Waals surface area contributed by atoms with Crippen LogP contribution in [-0.4, -0.2) is 57.7 Å². The first kappa shape index (κ1) is 20.6. The number of likely N-dealkylation sites (N-methyl/N-ethyl adjacent to an activating group) is 1. The molecule has 6 heteroatoms. The second-order valence-electron chi connectivity index (χ2n) is 7.58. The van der Waals surface area contributed by atoms with Gasteiger partial charge in [-0.15, -0.1) is 0 Å². The average molecular weight is 404 g/mol. The van der Waals surface area contributed by atoms with E-state index < -0.39 is 0 Å². The number of quaternary nitrogens is 2. The fourth-order valence-electron chi connectivity index (χ4n) is 3.69. The molecule has 0 atom stereocenters. The number of hydrogen-bond donors (Lipinski definition) is 2. The fraction of sp³-hybridized carbons (Fsp3) is 0.409. The van der Waals surface area contributed by atoms with Crippen molar-refractivity contribution in [1.29, 1.82) is 0 Å². The van der Waals surface area contributed by atoms with Gasteiger partial charge in [0.15, 0.2) is 6.54 Å². The molecule has 0 spiro atoms. The van der Waals surface area contributed by atoms with E-state index in [9.17, 15) is 4.79 Å². The summed E-state index contributed by atoms with van der Waals surface area (Å²) < 4.78 is 5.22. The van der Waals surface area contributed by atoms with E-state index in [-0.39, 0.29) is 5.91 Å². The van der Waals surface area contributed by atoms with E-state index in [4.69, 9.17) is 16.3 Å². The molecule has 0 aliphatic carbocycles. The lowest BCUT2D eigenvalue weighted by Crippen LogP contribution is -3.28. The van der Waals surface area contributed by atoms with Crippen LogP contribution in [0.4, 0.5) is 0 Å². The summed E-state index contributed by atoms with van der Waals surface area (Å²) in [6.07, 6.45) is 0. The van der Waals surface area contributed by atoms with Crippen LogP contribution in [-0.2, 0) is 17.9 Å². The predicted octanol–water partition coefficient (Wildman–Crippen LogP) is 0.291. The summed E-state index contributed by atoms with van der Waals surface area (Å²) in [5, 5.41) is 0.708. The van der Waals surface area contributed by atoms with Gasteiger partial charge < -0.3 is 19.4 Å². The number of piperazine rings is 1. The van der Waals surface area contributed by atoms with Crippen LogP contribution in [0.15, 0.2) is 48.5 Å². The Labute approximate surface area is 172 Å². The SMILES string of the molecule is COc1ccc(C[NH+]2CC[NH+](CC(=O)N(C)Cc3cccc(Cl)c3)CC2)cc1. The summed E-state index contributed by atoms with van der Waals surface area (Å²) in [4.78, 5) is 17.3. The minimum atomic E-state index is 0.188. The topological polar surface area (TPSA) is 38.4 Å². The van der Waals surface area contributed by atoms with Crippen LogP contribution in [0.3, 0.4) is 0 Å². The summed E-state index contributed by atoms with van der Waals surface area (Å²) >= 11 is 6.03. The van der Waals surface area contributed by atoms with Crippen molar-refractivity contribution in [3.8, 4) is 5.75 Å². The largest absolute Gasteiger partial charge is 0.497 e. The van der Waals surface area contributed by atoms with Gasteiger partial charge >= 0.3 is 0 Å². The highest BCUT2D eigenvalue weighted by molar-refractivity contribution is 6.30. The van der Waals surface area contributed by atoms with Crippen molar-refractivity contribution < 1.29 is 19.3 Å². The highest BCUT2D eigenvalue weighted by Gasteiger charge is 2.26. The number of nitrogens with zero attached hydrogens (tertiary/aromatic N) is 1. The molecule has 2 aromatic rings. The molecule has 1 saturated heterocycles. The molecule has 150 valence electrons. The summed E-state index contributed by atoms with van der Waals surface area (Å²) in [6.45, 7) is 6.43. The van der Waals surface area contributed by atoms with Crippen LogP contribution < -0.4 is 14.5 Å². The Bertz CT molecular complexity index is 774. The Kier molecular flexibility index (Phi) is 7.31. The third-order valence-corrected chi connectivity index (χ3v) is 5.65. The lowest BCUT2D eigenvalue weighted by atomic mass is 10.2. The number of ether oxygens (including phenoxy) is 1. The summed E-state index contributed by atoms with van der Waals surface area (Å²) in [5.74, 6) is 1.09. The first-order chi connectivity index (χ1) is 13.5. The molecular formula is C22H30ClN3O2+2. The highest BCUT2D eigenvalue weighted by Crippen LogP contribution is 2.12. The van der Waals surface area contributed by atoms with Gasteiger partial charge in [0.1, 0.15) is 38.5 Å². The number of carbonyl (C=O) groups excluding carboxylic acids is 1. The number of methoxy groups -OCH3 is 1. The average Bonchev–Trinajstić information content (AvgIpc) is 2.70. The molecule has 28 heavy (non-hydrogen) atoms. The van der Waals surface area contributed by atoms with E-state index in [2.05, 4.69) is 12.1 Å². The molecular weight excluding hydrogens is 374 g/mol. The van der Waals surface area contributed by atoms with Crippen molar-refractivity contribution in [2.45, 2.75) is 13.1 Å². The standard InChI is InChI=1S/C22H28ClN3O2/c1-24(15-19-4-3-5-20(23)14-19)22(27)17-26-12-10-25(11-13-26)16-18-6-8-21(28-2)9-7-18/h3-9,14H,10-13,15-17H2,1-2H3/p+2. The van der Waals surface area contributed by atoms with Crippen molar-refractivity contribution in [2.24, 2.45) is 0 Å². The first-order valence-corrected chi connectivity index (χ1v) is 10.2. The number of benzene rings is 2.